The molecule has 15 nitrogen and oxygen atoms in total. The van der Waals surface area contributed by atoms with Crippen LogP contribution in [0.4, 0.5) is 28.4 Å². The Balaban J connectivity index is 0.00000256. The number of hydrogen-bond acceptors (Lipinski definition) is 14. The molecule has 3 N–H and O–H groups in total. The normalized spacial score (nSPS) is 12.1. The van der Waals surface area contributed by atoms with Crippen LogP contribution in [0, 0.1) is 0 Å². The number of rotatable bonds is 7. The van der Waals surface area contributed by atoms with Crippen molar-refractivity contribution in [2.45, 2.75) is 14.7 Å². The van der Waals surface area contributed by atoms with Crippen LogP contribution in [0.2, 0.25) is 0 Å². The maximum absolute atomic E-state index is 13.3. The van der Waals surface area contributed by atoms with Gasteiger partial charge in [0, 0.05) is 16.5 Å². The molecule has 0 bridgehead atoms. The first-order valence-corrected chi connectivity index (χ1v) is 16.2. The van der Waals surface area contributed by atoms with E-state index in [1.807, 2.05) is 0 Å². The number of anilines is 1. The van der Waals surface area contributed by atoms with Crippen LogP contribution in [0.25, 0.3) is 21.5 Å². The van der Waals surface area contributed by atoms with E-state index in [1.54, 1.807) is 24.3 Å². The van der Waals surface area contributed by atoms with Crippen molar-refractivity contribution in [3.63, 3.8) is 0 Å². The van der Waals surface area contributed by atoms with Crippen LogP contribution < -0.4 is 99.5 Å². The maximum Gasteiger partial charge on any atom is 1.00 e. The molecule has 0 fully saturated rings. The van der Waals surface area contributed by atoms with E-state index in [2.05, 4.69) is 20.5 Å². The minimum absolute atomic E-state index is 0. The minimum atomic E-state index is -5.11. The van der Waals surface area contributed by atoms with E-state index in [-0.39, 0.29) is 111 Å². The smallest absolute Gasteiger partial charge is 0.870 e. The van der Waals surface area contributed by atoms with Crippen LogP contribution in [-0.4, -0.2) is 38.9 Å². The molecule has 5 aromatic rings. The molecule has 0 spiro atoms. The Labute approximate surface area is 334 Å². The Kier molecular flexibility index (Phi) is 13.9. The number of nitrogen functional groups attached to an aromatic ring is 1. The van der Waals surface area contributed by atoms with Crippen molar-refractivity contribution in [1.82, 2.24) is 0 Å². The van der Waals surface area contributed by atoms with Gasteiger partial charge in [-0.25, -0.2) is 16.8 Å². The topological polar surface area (TPSA) is 267 Å². The maximum atomic E-state index is 13.3. The largest absolute Gasteiger partial charge is 1.00 e. The van der Waals surface area contributed by atoms with Gasteiger partial charge in [-0.05, 0) is 65.4 Å². The Hall–Kier alpha value is -1.85. The summed E-state index contributed by atoms with van der Waals surface area (Å²) in [5.41, 5.74) is 5.31. The molecule has 0 radical (unpaired) electrons. The fraction of sp³-hybridized carbons (Fsp3) is 0. The second-order valence-corrected chi connectivity index (χ2v) is 13.2. The van der Waals surface area contributed by atoms with Crippen molar-refractivity contribution in [2.75, 3.05) is 5.73 Å². The van der Waals surface area contributed by atoms with Crippen molar-refractivity contribution in [3.8, 4) is 5.75 Å². The first-order chi connectivity index (χ1) is 20.5. The van der Waals surface area contributed by atoms with Gasteiger partial charge in [0.2, 0.25) is 0 Å². The van der Waals surface area contributed by atoms with Gasteiger partial charge in [0.15, 0.2) is 0 Å². The number of nitrogens with two attached hydrogens (primary N) is 1. The summed E-state index contributed by atoms with van der Waals surface area (Å²) in [7, 11) is -14.8. The van der Waals surface area contributed by atoms with Crippen molar-refractivity contribution >= 4 is 80.3 Å². The molecule has 0 aliphatic carbocycles. The first-order valence-electron chi connectivity index (χ1n) is 12.0. The van der Waals surface area contributed by atoms with E-state index in [0.717, 1.165) is 30.3 Å². The zero-order valence-corrected chi connectivity index (χ0v) is 33.2. The minimum Gasteiger partial charge on any atom is -0.870 e. The monoisotopic (exact) mass is 723 g/mol. The van der Waals surface area contributed by atoms with E-state index in [0.29, 0.717) is 16.5 Å². The van der Waals surface area contributed by atoms with Gasteiger partial charge < -0.3 is 19.9 Å². The van der Waals surface area contributed by atoms with Gasteiger partial charge in [0.1, 0.15) is 25.1 Å². The molecule has 0 aromatic heterocycles. The zero-order chi connectivity index (χ0) is 32.0. The molecule has 0 aliphatic heterocycles. The number of hydrogen-bond donors (Lipinski definition) is 2. The van der Waals surface area contributed by atoms with Crippen LogP contribution >= 0.6 is 0 Å². The molecule has 5 aromatic carbocycles. The van der Waals surface area contributed by atoms with E-state index in [9.17, 15) is 44.0 Å². The second-order valence-electron chi connectivity index (χ2n) is 9.09. The number of azo groups is 2. The summed E-state index contributed by atoms with van der Waals surface area (Å²) in [4.78, 5) is -2.23. The van der Waals surface area contributed by atoms with Crippen LogP contribution in [0.5, 0.6) is 5.75 Å². The fourth-order valence-electron chi connectivity index (χ4n) is 4.25. The van der Waals surface area contributed by atoms with Gasteiger partial charge in [-0.15, -0.1) is 15.3 Å². The molecule has 5 rings (SSSR count). The summed E-state index contributed by atoms with van der Waals surface area (Å²) >= 11 is 0. The van der Waals surface area contributed by atoms with Crippen molar-refractivity contribution in [1.29, 1.82) is 0 Å². The molecule has 0 unspecified atom stereocenters. The van der Waals surface area contributed by atoms with Gasteiger partial charge in [-0.3, -0.25) is 4.55 Å². The fourth-order valence-corrected chi connectivity index (χ4v) is 5.91. The number of benzene rings is 5. The summed E-state index contributed by atoms with van der Waals surface area (Å²) in [5.74, 6) is -1.10. The average Bonchev–Trinajstić information content (AvgIpc) is 2.94. The van der Waals surface area contributed by atoms with E-state index >= 15 is 0 Å². The molecule has 0 saturated heterocycles. The summed E-state index contributed by atoms with van der Waals surface area (Å²) in [6, 6.07) is 16.6. The number of nitrogens with zero attached hydrogens (tertiary/aromatic N) is 4. The van der Waals surface area contributed by atoms with Crippen molar-refractivity contribution < 1.29 is 133 Å². The van der Waals surface area contributed by atoms with Crippen LogP contribution in [0.3, 0.4) is 0 Å². The molecule has 21 heteroatoms. The predicted octanol–water partition coefficient (Wildman–Crippen LogP) is -4.45. The van der Waals surface area contributed by atoms with Crippen molar-refractivity contribution in [3.05, 3.63) is 78.9 Å². The Morgan fingerprint density at radius 3 is 1.64 bits per heavy atom. The molecule has 226 valence electrons. The molecule has 0 saturated carbocycles. The van der Waals surface area contributed by atoms with E-state index < -0.39 is 62.2 Å². The average molecular weight is 724 g/mol. The second kappa shape index (κ2) is 15.8. The standard InChI is InChI=1S/C26H19N5O10S3.3Na/c27-20-13-17(43(36,37)38)11-14-12-23(44(39,40)41)25(26(32)24(14)20)31-30-22-10-9-21(18-3-1-2-4-19(18)22)29-28-15-5-7-16(8-6-15)42(33,34)35;;;/h1-13,32H,27H2,(H,33,34,35)(H,36,37,38)(H,39,40,41);;;/q;3*+1/p-3. The molecule has 0 heterocycles. The Morgan fingerprint density at radius 1 is 0.638 bits per heavy atom. The van der Waals surface area contributed by atoms with Crippen LogP contribution in [0.15, 0.2) is 114 Å². The summed E-state index contributed by atoms with van der Waals surface area (Å²) in [6.07, 6.45) is 0. The van der Waals surface area contributed by atoms with Gasteiger partial charge in [-0.1, -0.05) is 30.0 Å². The quantitative estimate of drug-likeness (QED) is 0.0700. The van der Waals surface area contributed by atoms with Gasteiger partial charge in [0.05, 0.1) is 32.5 Å². The van der Waals surface area contributed by atoms with Crippen LogP contribution in [-0.2, 0) is 30.4 Å². The SMILES string of the molecule is Nc1cc(S(=O)(=O)[O-])cc2cc(S(=O)(=O)O)c(N=Nc3ccc(N=Nc4ccc(S(=O)(=O)[O-])cc4)c4ccccc34)c([O-])c12.[Na+].[Na+].[Na+]. The number of fused-ring (bicyclic) bond motifs is 2. The van der Waals surface area contributed by atoms with Gasteiger partial charge in [-0.2, -0.15) is 13.5 Å². The summed E-state index contributed by atoms with van der Waals surface area (Å²) in [6.45, 7) is 0. The van der Waals surface area contributed by atoms with E-state index in [1.165, 1.54) is 24.3 Å². The third kappa shape index (κ3) is 9.24. The molecular formula is C26H16N5Na3O10S3. The molecule has 0 amide bonds. The predicted molar refractivity (Wildman–Crippen MR) is 152 cm³/mol. The Morgan fingerprint density at radius 2 is 1.15 bits per heavy atom. The third-order valence-electron chi connectivity index (χ3n) is 6.24. The van der Waals surface area contributed by atoms with Gasteiger partial charge >= 0.3 is 88.7 Å². The molecular weight excluding hydrogens is 707 g/mol. The van der Waals surface area contributed by atoms with Crippen LogP contribution in [0.1, 0.15) is 0 Å². The zero-order valence-electron chi connectivity index (χ0n) is 24.7. The van der Waals surface area contributed by atoms with Gasteiger partial charge in [0.25, 0.3) is 10.1 Å². The molecule has 0 atom stereocenters. The Bertz CT molecular complexity index is 2390. The first kappa shape index (κ1) is 41.3. The third-order valence-corrected chi connectivity index (χ3v) is 8.77. The van der Waals surface area contributed by atoms with Crippen molar-refractivity contribution in [2.24, 2.45) is 20.5 Å². The van der Waals surface area contributed by atoms with E-state index in [4.69, 9.17) is 5.73 Å². The summed E-state index contributed by atoms with van der Waals surface area (Å²) < 4.78 is 102. The molecule has 47 heavy (non-hydrogen) atoms. The summed E-state index contributed by atoms with van der Waals surface area (Å²) in [5, 5.41) is 29.6. The molecule has 0 aliphatic rings.